The van der Waals surface area contributed by atoms with Crippen LogP contribution in [-0.4, -0.2) is 35.9 Å². The Morgan fingerprint density at radius 1 is 1.19 bits per heavy atom. The Bertz CT molecular complexity index is 659. The number of carbonyl (C=O) groups is 1. The van der Waals surface area contributed by atoms with Crippen molar-refractivity contribution in [3.05, 3.63) is 24.0 Å². The van der Waals surface area contributed by atoms with Gasteiger partial charge in [-0.05, 0) is 70.4 Å². The molecular weight excluding hydrogens is 349 g/mol. The van der Waals surface area contributed by atoms with E-state index in [2.05, 4.69) is 5.32 Å². The minimum absolute atomic E-state index is 0.0338. The lowest BCUT2D eigenvalue weighted by atomic mass is 9.76. The van der Waals surface area contributed by atoms with Gasteiger partial charge in [-0.25, -0.2) is 4.39 Å². The number of methoxy groups -OCH3 is 1. The van der Waals surface area contributed by atoms with Crippen LogP contribution in [0, 0.1) is 17.7 Å². The largest absolute Gasteiger partial charge is 0.493 e. The lowest BCUT2D eigenvalue weighted by molar-refractivity contribution is -0.131. The standard InChI is InChI=1S/C21H30FNO4/c1-21(2,25)14-4-7-16(8-5-14)23-20(24)13-10-17(11-13)27-18-9-6-15(22)12-19(18)26-3/h6,9,12-14,16-17,25H,4-5,7-8,10-11H2,1-3H3,(H,23,24). The maximum Gasteiger partial charge on any atom is 0.223 e. The Morgan fingerprint density at radius 3 is 2.44 bits per heavy atom. The first-order chi connectivity index (χ1) is 12.8. The van der Waals surface area contributed by atoms with Crippen molar-refractivity contribution in [2.24, 2.45) is 11.8 Å². The van der Waals surface area contributed by atoms with Crippen molar-refractivity contribution in [3.63, 3.8) is 0 Å². The van der Waals surface area contributed by atoms with Crippen molar-refractivity contribution in [1.82, 2.24) is 5.32 Å². The Morgan fingerprint density at radius 2 is 1.85 bits per heavy atom. The fourth-order valence-electron chi connectivity index (χ4n) is 4.06. The van der Waals surface area contributed by atoms with E-state index in [0.29, 0.717) is 30.3 Å². The van der Waals surface area contributed by atoms with E-state index in [1.54, 1.807) is 6.07 Å². The summed E-state index contributed by atoms with van der Waals surface area (Å²) in [6, 6.07) is 4.39. The number of benzene rings is 1. The van der Waals surface area contributed by atoms with Crippen LogP contribution in [0.1, 0.15) is 52.4 Å². The number of halogens is 1. The molecule has 1 amide bonds. The summed E-state index contributed by atoms with van der Waals surface area (Å²) in [6.45, 7) is 3.72. The van der Waals surface area contributed by atoms with Crippen LogP contribution in [0.4, 0.5) is 4.39 Å². The van der Waals surface area contributed by atoms with E-state index in [-0.39, 0.29) is 29.8 Å². The lowest BCUT2D eigenvalue weighted by Crippen LogP contribution is -2.48. The summed E-state index contributed by atoms with van der Waals surface area (Å²) in [5.41, 5.74) is -0.644. The Balaban J connectivity index is 1.42. The van der Waals surface area contributed by atoms with Crippen molar-refractivity contribution in [2.75, 3.05) is 7.11 Å². The molecule has 2 N–H and O–H groups in total. The van der Waals surface area contributed by atoms with Gasteiger partial charge in [0, 0.05) is 18.0 Å². The van der Waals surface area contributed by atoms with E-state index in [1.165, 1.54) is 19.2 Å². The molecule has 6 heteroatoms. The van der Waals surface area contributed by atoms with Crippen molar-refractivity contribution in [2.45, 2.75) is 70.1 Å². The molecule has 0 aliphatic heterocycles. The number of hydrogen-bond acceptors (Lipinski definition) is 4. The SMILES string of the molecule is COc1cc(F)ccc1OC1CC(C(=O)NC2CCC(C(C)(C)O)CC2)C1. The van der Waals surface area contributed by atoms with Gasteiger partial charge in [-0.15, -0.1) is 0 Å². The average molecular weight is 379 g/mol. The van der Waals surface area contributed by atoms with E-state index in [4.69, 9.17) is 9.47 Å². The summed E-state index contributed by atoms with van der Waals surface area (Å²) in [4.78, 5) is 12.4. The number of nitrogens with one attached hydrogen (secondary N) is 1. The Hall–Kier alpha value is -1.82. The van der Waals surface area contributed by atoms with Gasteiger partial charge < -0.3 is 19.9 Å². The van der Waals surface area contributed by atoms with E-state index in [9.17, 15) is 14.3 Å². The number of amides is 1. The van der Waals surface area contributed by atoms with Gasteiger partial charge in [0.05, 0.1) is 12.7 Å². The van der Waals surface area contributed by atoms with Crippen LogP contribution in [0.3, 0.4) is 0 Å². The molecule has 2 aliphatic carbocycles. The van der Waals surface area contributed by atoms with Gasteiger partial charge in [0.1, 0.15) is 11.9 Å². The molecule has 0 unspecified atom stereocenters. The molecule has 0 atom stereocenters. The summed E-state index contributed by atoms with van der Waals surface area (Å²) in [7, 11) is 1.48. The summed E-state index contributed by atoms with van der Waals surface area (Å²) in [5, 5.41) is 13.3. The Kier molecular flexibility index (Phi) is 5.94. The molecule has 0 aromatic heterocycles. The average Bonchev–Trinajstić information content (AvgIpc) is 2.58. The molecule has 2 saturated carbocycles. The summed E-state index contributed by atoms with van der Waals surface area (Å²) >= 11 is 0. The van der Waals surface area contributed by atoms with Crippen LogP contribution in [0.5, 0.6) is 11.5 Å². The zero-order valence-electron chi connectivity index (χ0n) is 16.3. The Labute approximate surface area is 160 Å². The highest BCUT2D eigenvalue weighted by atomic mass is 19.1. The third-order valence-corrected chi connectivity index (χ3v) is 5.96. The van der Waals surface area contributed by atoms with Gasteiger partial charge in [0.25, 0.3) is 0 Å². The highest BCUT2D eigenvalue weighted by molar-refractivity contribution is 5.80. The minimum Gasteiger partial charge on any atom is -0.493 e. The van der Waals surface area contributed by atoms with Gasteiger partial charge in [0.15, 0.2) is 11.5 Å². The molecule has 0 saturated heterocycles. The van der Waals surface area contributed by atoms with Crippen LogP contribution in [-0.2, 0) is 4.79 Å². The van der Waals surface area contributed by atoms with E-state index in [1.807, 2.05) is 13.8 Å². The van der Waals surface area contributed by atoms with Crippen molar-refractivity contribution in [1.29, 1.82) is 0 Å². The van der Waals surface area contributed by atoms with Crippen molar-refractivity contribution < 1.29 is 23.8 Å². The molecule has 0 bridgehead atoms. The third kappa shape index (κ3) is 4.92. The fraction of sp³-hybridized carbons (Fsp3) is 0.667. The van der Waals surface area contributed by atoms with Crippen LogP contribution in [0.25, 0.3) is 0 Å². The second-order valence-corrected chi connectivity index (χ2v) is 8.41. The first kappa shape index (κ1) is 19.9. The molecular formula is C21H30FNO4. The predicted octanol–water partition coefficient (Wildman–Crippen LogP) is 3.44. The second-order valence-electron chi connectivity index (χ2n) is 8.41. The summed E-state index contributed by atoms with van der Waals surface area (Å²) < 4.78 is 24.2. The minimum atomic E-state index is -0.644. The second kappa shape index (κ2) is 8.05. The molecule has 1 aromatic carbocycles. The molecule has 2 fully saturated rings. The topological polar surface area (TPSA) is 67.8 Å². The molecule has 27 heavy (non-hydrogen) atoms. The van der Waals surface area contributed by atoms with Crippen LogP contribution >= 0.6 is 0 Å². The number of aliphatic hydroxyl groups is 1. The molecule has 3 rings (SSSR count). The van der Waals surface area contributed by atoms with Gasteiger partial charge in [0.2, 0.25) is 5.91 Å². The van der Waals surface area contributed by atoms with Crippen LogP contribution in [0.2, 0.25) is 0 Å². The van der Waals surface area contributed by atoms with Crippen LogP contribution < -0.4 is 14.8 Å². The van der Waals surface area contributed by atoms with Crippen molar-refractivity contribution >= 4 is 5.91 Å². The zero-order chi connectivity index (χ0) is 19.6. The van der Waals surface area contributed by atoms with Gasteiger partial charge in [-0.1, -0.05) is 0 Å². The molecule has 5 nitrogen and oxygen atoms in total. The first-order valence-corrected chi connectivity index (χ1v) is 9.79. The molecule has 2 aliphatic rings. The van der Waals surface area contributed by atoms with Gasteiger partial charge in [-0.2, -0.15) is 0 Å². The van der Waals surface area contributed by atoms with Crippen LogP contribution in [0.15, 0.2) is 18.2 Å². The predicted molar refractivity (Wildman–Crippen MR) is 100 cm³/mol. The number of hydrogen-bond donors (Lipinski definition) is 2. The number of rotatable bonds is 6. The third-order valence-electron chi connectivity index (χ3n) is 5.96. The monoisotopic (exact) mass is 379 g/mol. The first-order valence-electron chi connectivity index (χ1n) is 9.79. The zero-order valence-corrected chi connectivity index (χ0v) is 16.3. The van der Waals surface area contributed by atoms with Gasteiger partial charge >= 0.3 is 0 Å². The lowest BCUT2D eigenvalue weighted by Gasteiger charge is -2.38. The highest BCUT2D eigenvalue weighted by Gasteiger charge is 2.38. The van der Waals surface area contributed by atoms with Gasteiger partial charge in [-0.3, -0.25) is 4.79 Å². The molecule has 0 radical (unpaired) electrons. The number of ether oxygens (including phenoxy) is 2. The molecule has 150 valence electrons. The fourth-order valence-corrected chi connectivity index (χ4v) is 4.06. The maximum atomic E-state index is 13.2. The molecule has 0 heterocycles. The molecule has 1 aromatic rings. The van der Waals surface area contributed by atoms with Crippen molar-refractivity contribution in [3.8, 4) is 11.5 Å². The maximum absolute atomic E-state index is 13.2. The van der Waals surface area contributed by atoms with E-state index < -0.39 is 5.60 Å². The van der Waals surface area contributed by atoms with E-state index >= 15 is 0 Å². The number of carbonyl (C=O) groups excluding carboxylic acids is 1. The summed E-state index contributed by atoms with van der Waals surface area (Å²) in [5.74, 6) is 0.863. The van der Waals surface area contributed by atoms with E-state index in [0.717, 1.165) is 25.7 Å². The quantitative estimate of drug-likeness (QED) is 0.795. The highest BCUT2D eigenvalue weighted by Crippen LogP contribution is 2.37. The summed E-state index contributed by atoms with van der Waals surface area (Å²) in [6.07, 6.45) is 4.98. The smallest absolute Gasteiger partial charge is 0.223 e. The normalized spacial score (nSPS) is 28.2. The molecule has 0 spiro atoms.